The molecule has 7 heteroatoms. The molecular formula is C13H16N2O5. The number of nitrogens with zero attached hydrogens (tertiary/aromatic N) is 1. The zero-order chi connectivity index (χ0) is 14.9. The number of hydrogen-bond acceptors (Lipinski definition) is 5. The van der Waals surface area contributed by atoms with E-state index in [9.17, 15) is 20.0 Å². The number of non-ortho nitro benzene ring substituents is 1. The van der Waals surface area contributed by atoms with E-state index in [1.54, 1.807) is 13.0 Å². The second kappa shape index (κ2) is 4.99. The van der Waals surface area contributed by atoms with Gasteiger partial charge in [-0.05, 0) is 25.7 Å². The van der Waals surface area contributed by atoms with Crippen molar-refractivity contribution >= 4 is 17.3 Å². The summed E-state index contributed by atoms with van der Waals surface area (Å²) in [6.45, 7) is 1.60. The van der Waals surface area contributed by atoms with Gasteiger partial charge < -0.3 is 15.2 Å². The molecule has 20 heavy (non-hydrogen) atoms. The third-order valence-electron chi connectivity index (χ3n) is 3.58. The van der Waals surface area contributed by atoms with Crippen molar-refractivity contribution in [2.45, 2.75) is 25.3 Å². The maximum Gasteiger partial charge on any atom is 0.329 e. The van der Waals surface area contributed by atoms with Gasteiger partial charge in [0.15, 0.2) is 0 Å². The van der Waals surface area contributed by atoms with Crippen LogP contribution in [-0.2, 0) is 4.79 Å². The number of nitro benzene ring substituents is 1. The van der Waals surface area contributed by atoms with Crippen LogP contribution in [-0.4, -0.2) is 28.6 Å². The fraction of sp³-hybridized carbons (Fsp3) is 0.462. The maximum atomic E-state index is 11.5. The Kier molecular flexibility index (Phi) is 3.52. The van der Waals surface area contributed by atoms with Gasteiger partial charge in [-0.15, -0.1) is 0 Å². The van der Waals surface area contributed by atoms with Crippen molar-refractivity contribution in [2.24, 2.45) is 5.92 Å². The molecule has 0 aliphatic heterocycles. The highest BCUT2D eigenvalue weighted by molar-refractivity contribution is 5.83. The second-order valence-corrected chi connectivity index (χ2v) is 5.08. The number of carbonyl (C=O) groups is 1. The molecule has 0 heterocycles. The lowest BCUT2D eigenvalue weighted by Crippen LogP contribution is -2.45. The first-order chi connectivity index (χ1) is 9.36. The molecule has 2 N–H and O–H groups in total. The molecule has 0 spiro atoms. The largest absolute Gasteiger partial charge is 0.496 e. The van der Waals surface area contributed by atoms with E-state index in [-0.39, 0.29) is 11.6 Å². The van der Waals surface area contributed by atoms with Crippen molar-refractivity contribution < 1.29 is 19.6 Å². The molecule has 1 saturated carbocycles. The number of methoxy groups -OCH3 is 1. The summed E-state index contributed by atoms with van der Waals surface area (Å²) in [5.74, 6) is -0.624. The number of benzene rings is 1. The average molecular weight is 280 g/mol. The van der Waals surface area contributed by atoms with Crippen LogP contribution >= 0.6 is 0 Å². The van der Waals surface area contributed by atoms with Gasteiger partial charge in [0.05, 0.1) is 18.1 Å². The zero-order valence-electron chi connectivity index (χ0n) is 11.3. The summed E-state index contributed by atoms with van der Waals surface area (Å²) in [5, 5.41) is 23.2. The first kappa shape index (κ1) is 14.1. The first-order valence-electron chi connectivity index (χ1n) is 6.22. The molecule has 7 nitrogen and oxygen atoms in total. The first-order valence-corrected chi connectivity index (χ1v) is 6.22. The van der Waals surface area contributed by atoms with Gasteiger partial charge in [0.1, 0.15) is 11.3 Å². The fourth-order valence-corrected chi connectivity index (χ4v) is 2.17. The molecule has 0 aromatic heterocycles. The Balaban J connectivity index is 2.34. The van der Waals surface area contributed by atoms with E-state index in [1.807, 2.05) is 0 Å². The number of aliphatic carboxylic acids is 1. The van der Waals surface area contributed by atoms with Gasteiger partial charge in [0.2, 0.25) is 0 Å². The van der Waals surface area contributed by atoms with E-state index in [1.165, 1.54) is 19.2 Å². The number of nitrogens with one attached hydrogen (secondary N) is 1. The molecule has 1 fully saturated rings. The van der Waals surface area contributed by atoms with Crippen LogP contribution in [0.2, 0.25) is 0 Å². The molecule has 2 rings (SSSR count). The zero-order valence-corrected chi connectivity index (χ0v) is 11.3. The third kappa shape index (κ3) is 2.66. The van der Waals surface area contributed by atoms with E-state index in [0.717, 1.165) is 12.8 Å². The topological polar surface area (TPSA) is 102 Å². The SMILES string of the molecule is COc1cc(NC(C)(C(=O)O)C2CC2)cc([N+](=O)[O-])c1. The summed E-state index contributed by atoms with van der Waals surface area (Å²) in [5.41, 5.74) is -0.900. The molecule has 0 radical (unpaired) electrons. The molecule has 1 aliphatic carbocycles. The predicted molar refractivity (Wildman–Crippen MR) is 72.0 cm³/mol. The van der Waals surface area contributed by atoms with Crippen molar-refractivity contribution in [3.63, 3.8) is 0 Å². The van der Waals surface area contributed by atoms with Crippen LogP contribution < -0.4 is 10.1 Å². The van der Waals surface area contributed by atoms with Crippen LogP contribution in [0.4, 0.5) is 11.4 Å². The molecular weight excluding hydrogens is 264 g/mol. The normalized spacial score (nSPS) is 17.1. The number of rotatable bonds is 6. The minimum atomic E-state index is -1.12. The molecule has 0 amide bonds. The Bertz CT molecular complexity index is 556. The molecule has 1 unspecified atom stereocenters. The standard InChI is InChI=1S/C13H16N2O5/c1-13(12(16)17,8-3-4-8)14-9-5-10(15(18)19)7-11(6-9)20-2/h5-8,14H,3-4H2,1-2H3,(H,16,17). The van der Waals surface area contributed by atoms with Crippen LogP contribution in [0.5, 0.6) is 5.75 Å². The second-order valence-electron chi connectivity index (χ2n) is 5.08. The van der Waals surface area contributed by atoms with Gasteiger partial charge in [-0.2, -0.15) is 0 Å². The van der Waals surface area contributed by atoms with Gasteiger partial charge in [-0.1, -0.05) is 0 Å². The lowest BCUT2D eigenvalue weighted by Gasteiger charge is -2.27. The molecule has 1 atom stereocenters. The summed E-state index contributed by atoms with van der Waals surface area (Å²) >= 11 is 0. The monoisotopic (exact) mass is 280 g/mol. The van der Waals surface area contributed by atoms with Gasteiger partial charge in [-0.3, -0.25) is 10.1 Å². The average Bonchev–Trinajstić information content (AvgIpc) is 3.22. The van der Waals surface area contributed by atoms with Crippen LogP contribution in [0, 0.1) is 16.0 Å². The highest BCUT2D eigenvalue weighted by atomic mass is 16.6. The van der Waals surface area contributed by atoms with Crippen molar-refractivity contribution in [2.75, 3.05) is 12.4 Å². The van der Waals surface area contributed by atoms with Crippen molar-refractivity contribution in [3.05, 3.63) is 28.3 Å². The maximum absolute atomic E-state index is 11.5. The lowest BCUT2D eigenvalue weighted by atomic mass is 9.95. The number of anilines is 1. The minimum absolute atomic E-state index is 0.0326. The Labute approximate surface area is 115 Å². The lowest BCUT2D eigenvalue weighted by molar-refractivity contribution is -0.384. The van der Waals surface area contributed by atoms with Crippen LogP contribution in [0.1, 0.15) is 19.8 Å². The van der Waals surface area contributed by atoms with Crippen molar-refractivity contribution in [3.8, 4) is 5.75 Å². The van der Waals surface area contributed by atoms with Crippen LogP contribution in [0.25, 0.3) is 0 Å². The Morgan fingerprint density at radius 2 is 2.15 bits per heavy atom. The Morgan fingerprint density at radius 1 is 1.50 bits per heavy atom. The smallest absolute Gasteiger partial charge is 0.329 e. The molecule has 0 saturated heterocycles. The van der Waals surface area contributed by atoms with Gasteiger partial charge in [0, 0.05) is 17.8 Å². The molecule has 1 aromatic rings. The quantitative estimate of drug-likeness (QED) is 0.612. The minimum Gasteiger partial charge on any atom is -0.496 e. The van der Waals surface area contributed by atoms with E-state index >= 15 is 0 Å². The van der Waals surface area contributed by atoms with E-state index in [2.05, 4.69) is 5.32 Å². The van der Waals surface area contributed by atoms with Crippen molar-refractivity contribution in [1.82, 2.24) is 0 Å². The number of carboxylic acids is 1. The number of carboxylic acid groups (broad SMARTS) is 1. The Morgan fingerprint density at radius 3 is 2.60 bits per heavy atom. The highest BCUT2D eigenvalue weighted by Gasteiger charge is 2.47. The summed E-state index contributed by atoms with van der Waals surface area (Å²) in [6, 6.07) is 4.16. The Hall–Kier alpha value is -2.31. The van der Waals surface area contributed by atoms with E-state index in [0.29, 0.717) is 11.4 Å². The number of ether oxygens (including phenoxy) is 1. The molecule has 1 aromatic carbocycles. The van der Waals surface area contributed by atoms with Gasteiger partial charge in [0.25, 0.3) is 5.69 Å². The number of nitro groups is 1. The van der Waals surface area contributed by atoms with E-state index < -0.39 is 16.4 Å². The summed E-state index contributed by atoms with van der Waals surface area (Å²) in [4.78, 5) is 21.8. The van der Waals surface area contributed by atoms with Crippen LogP contribution in [0.3, 0.4) is 0 Å². The number of hydrogen-bond donors (Lipinski definition) is 2. The summed E-state index contributed by atoms with van der Waals surface area (Å²) in [6.07, 6.45) is 1.67. The van der Waals surface area contributed by atoms with Gasteiger partial charge in [-0.25, -0.2) is 4.79 Å². The summed E-state index contributed by atoms with van der Waals surface area (Å²) in [7, 11) is 1.40. The van der Waals surface area contributed by atoms with E-state index in [4.69, 9.17) is 4.74 Å². The third-order valence-corrected chi connectivity index (χ3v) is 3.58. The van der Waals surface area contributed by atoms with Crippen LogP contribution in [0.15, 0.2) is 18.2 Å². The fourth-order valence-electron chi connectivity index (χ4n) is 2.17. The van der Waals surface area contributed by atoms with Crippen molar-refractivity contribution in [1.29, 1.82) is 0 Å². The van der Waals surface area contributed by atoms with Gasteiger partial charge >= 0.3 is 5.97 Å². The highest BCUT2D eigenvalue weighted by Crippen LogP contribution is 2.42. The summed E-state index contributed by atoms with van der Waals surface area (Å²) < 4.78 is 5.00. The molecule has 108 valence electrons. The molecule has 1 aliphatic rings. The molecule has 0 bridgehead atoms. The predicted octanol–water partition coefficient (Wildman–Crippen LogP) is 2.27.